The molecule has 2 heterocycles. The lowest BCUT2D eigenvalue weighted by Crippen LogP contribution is -2.08. The standard InChI is InChI=1S/C15H13BrF3N5/c1-24-14-11(12(16)23-24)13(20-8-21-14)22-10-4-2-3-9(7-10)5-6-15(17,18)19/h2-4,7-8H,5-6H2,1H3,(H,20,21,22). The minimum absolute atomic E-state index is 0.0607. The number of hydrogen-bond acceptors (Lipinski definition) is 4. The van der Waals surface area contributed by atoms with Crippen LogP contribution in [0, 0.1) is 0 Å². The smallest absolute Gasteiger partial charge is 0.339 e. The first kappa shape index (κ1) is 16.7. The highest BCUT2D eigenvalue weighted by Gasteiger charge is 2.26. The molecule has 24 heavy (non-hydrogen) atoms. The summed E-state index contributed by atoms with van der Waals surface area (Å²) in [4.78, 5) is 8.38. The quantitative estimate of drug-likeness (QED) is 0.707. The number of halogens is 4. The second-order valence-electron chi connectivity index (χ2n) is 5.28. The van der Waals surface area contributed by atoms with Crippen LogP contribution in [-0.4, -0.2) is 25.9 Å². The molecule has 2 aromatic heterocycles. The van der Waals surface area contributed by atoms with Gasteiger partial charge in [0.2, 0.25) is 0 Å². The lowest BCUT2D eigenvalue weighted by molar-refractivity contribution is -0.133. The second kappa shape index (κ2) is 6.39. The Morgan fingerprint density at radius 2 is 2.04 bits per heavy atom. The van der Waals surface area contributed by atoms with Crippen molar-refractivity contribution in [3.8, 4) is 0 Å². The van der Waals surface area contributed by atoms with Crippen molar-refractivity contribution in [2.45, 2.75) is 19.0 Å². The Morgan fingerprint density at radius 1 is 1.25 bits per heavy atom. The van der Waals surface area contributed by atoms with Gasteiger partial charge in [0.25, 0.3) is 0 Å². The minimum atomic E-state index is -4.16. The van der Waals surface area contributed by atoms with Gasteiger partial charge < -0.3 is 5.32 Å². The highest BCUT2D eigenvalue weighted by atomic mass is 79.9. The molecule has 5 nitrogen and oxygen atoms in total. The molecule has 0 aliphatic rings. The van der Waals surface area contributed by atoms with Gasteiger partial charge in [-0.25, -0.2) is 14.6 Å². The Labute approximate surface area is 144 Å². The molecule has 1 aromatic carbocycles. The van der Waals surface area contributed by atoms with E-state index in [0.717, 1.165) is 0 Å². The number of aryl methyl sites for hydroxylation is 2. The van der Waals surface area contributed by atoms with Crippen LogP contribution in [0.2, 0.25) is 0 Å². The summed E-state index contributed by atoms with van der Waals surface area (Å²) in [7, 11) is 1.77. The van der Waals surface area contributed by atoms with Crippen LogP contribution < -0.4 is 5.32 Å². The van der Waals surface area contributed by atoms with E-state index in [-0.39, 0.29) is 6.42 Å². The molecule has 0 amide bonds. The van der Waals surface area contributed by atoms with E-state index in [1.54, 1.807) is 36.0 Å². The highest BCUT2D eigenvalue weighted by Crippen LogP contribution is 2.29. The Morgan fingerprint density at radius 3 is 2.79 bits per heavy atom. The molecular formula is C15H13BrF3N5. The van der Waals surface area contributed by atoms with E-state index in [1.165, 1.54) is 6.33 Å². The van der Waals surface area contributed by atoms with Gasteiger partial charge in [-0.3, -0.25) is 0 Å². The number of benzene rings is 1. The first-order chi connectivity index (χ1) is 11.3. The summed E-state index contributed by atoms with van der Waals surface area (Å²) in [5.74, 6) is 0.535. The molecular weight excluding hydrogens is 387 g/mol. The maximum Gasteiger partial charge on any atom is 0.389 e. The third kappa shape index (κ3) is 3.66. The van der Waals surface area contributed by atoms with Crippen LogP contribution in [0.25, 0.3) is 11.0 Å². The molecule has 0 radical (unpaired) electrons. The van der Waals surface area contributed by atoms with E-state index in [4.69, 9.17) is 0 Å². The number of fused-ring (bicyclic) bond motifs is 1. The highest BCUT2D eigenvalue weighted by molar-refractivity contribution is 9.10. The second-order valence-corrected chi connectivity index (χ2v) is 6.03. The third-order valence-electron chi connectivity index (χ3n) is 3.46. The van der Waals surface area contributed by atoms with Gasteiger partial charge >= 0.3 is 6.18 Å². The van der Waals surface area contributed by atoms with Crippen molar-refractivity contribution in [3.63, 3.8) is 0 Å². The summed E-state index contributed by atoms with van der Waals surface area (Å²) in [6, 6.07) is 6.84. The van der Waals surface area contributed by atoms with Crippen molar-refractivity contribution >= 4 is 38.5 Å². The molecule has 0 spiro atoms. The number of alkyl halides is 3. The van der Waals surface area contributed by atoms with Crippen LogP contribution >= 0.6 is 15.9 Å². The van der Waals surface area contributed by atoms with Crippen molar-refractivity contribution in [3.05, 3.63) is 40.8 Å². The summed E-state index contributed by atoms with van der Waals surface area (Å²) in [5, 5.41) is 8.06. The Balaban J connectivity index is 1.87. The van der Waals surface area contributed by atoms with Gasteiger partial charge in [-0.1, -0.05) is 12.1 Å². The maximum absolute atomic E-state index is 12.4. The molecule has 1 N–H and O–H groups in total. The molecule has 0 saturated heterocycles. The van der Waals surface area contributed by atoms with Crippen LogP contribution in [0.5, 0.6) is 0 Å². The zero-order chi connectivity index (χ0) is 17.3. The maximum atomic E-state index is 12.4. The number of nitrogens with zero attached hydrogens (tertiary/aromatic N) is 4. The monoisotopic (exact) mass is 399 g/mol. The summed E-state index contributed by atoms with van der Waals surface area (Å²) in [6.45, 7) is 0. The number of aromatic nitrogens is 4. The van der Waals surface area contributed by atoms with E-state index in [9.17, 15) is 13.2 Å². The Kier molecular flexibility index (Phi) is 4.44. The lowest BCUT2D eigenvalue weighted by atomic mass is 10.1. The molecule has 0 bridgehead atoms. The average molecular weight is 400 g/mol. The fraction of sp³-hybridized carbons (Fsp3) is 0.267. The molecule has 3 rings (SSSR count). The van der Waals surface area contributed by atoms with Gasteiger partial charge in [-0.2, -0.15) is 18.3 Å². The zero-order valence-corrected chi connectivity index (χ0v) is 14.2. The molecule has 126 valence electrons. The minimum Gasteiger partial charge on any atom is -0.339 e. The first-order valence-corrected chi connectivity index (χ1v) is 7.89. The van der Waals surface area contributed by atoms with Crippen molar-refractivity contribution in [2.75, 3.05) is 5.32 Å². The molecule has 3 aromatic rings. The van der Waals surface area contributed by atoms with Crippen LogP contribution in [-0.2, 0) is 13.5 Å². The van der Waals surface area contributed by atoms with Crippen LogP contribution in [0.15, 0.2) is 35.2 Å². The van der Waals surface area contributed by atoms with Crippen molar-refractivity contribution in [1.82, 2.24) is 19.7 Å². The fourth-order valence-corrected chi connectivity index (χ4v) is 2.97. The Bertz CT molecular complexity index is 875. The van der Waals surface area contributed by atoms with Gasteiger partial charge in [0, 0.05) is 19.2 Å². The fourth-order valence-electron chi connectivity index (χ4n) is 2.36. The van der Waals surface area contributed by atoms with Gasteiger partial charge in [-0.15, -0.1) is 0 Å². The molecule has 0 unspecified atom stereocenters. The lowest BCUT2D eigenvalue weighted by Gasteiger charge is -2.10. The molecule has 0 aliphatic heterocycles. The largest absolute Gasteiger partial charge is 0.389 e. The van der Waals surface area contributed by atoms with Crippen LogP contribution in [0.3, 0.4) is 0 Å². The average Bonchev–Trinajstić information content (AvgIpc) is 2.81. The summed E-state index contributed by atoms with van der Waals surface area (Å²) in [5.41, 5.74) is 1.91. The van der Waals surface area contributed by atoms with Crippen molar-refractivity contribution in [2.24, 2.45) is 7.05 Å². The molecule has 0 atom stereocenters. The van der Waals surface area contributed by atoms with Gasteiger partial charge in [0.15, 0.2) is 5.65 Å². The van der Waals surface area contributed by atoms with E-state index < -0.39 is 12.6 Å². The number of rotatable bonds is 4. The number of hydrogen-bond donors (Lipinski definition) is 1. The normalized spacial score (nSPS) is 11.9. The predicted octanol–water partition coefficient (Wildman–Crippen LogP) is 4.36. The van der Waals surface area contributed by atoms with E-state index in [0.29, 0.717) is 32.7 Å². The topological polar surface area (TPSA) is 55.6 Å². The Hall–Kier alpha value is -2.16. The van der Waals surface area contributed by atoms with Crippen LogP contribution in [0.1, 0.15) is 12.0 Å². The molecule has 0 saturated carbocycles. The summed E-state index contributed by atoms with van der Waals surface area (Å²) in [6.07, 6.45) is -3.66. The van der Waals surface area contributed by atoms with Gasteiger partial charge in [0.1, 0.15) is 16.7 Å². The van der Waals surface area contributed by atoms with Gasteiger partial charge in [0.05, 0.1) is 5.39 Å². The van der Waals surface area contributed by atoms with Crippen molar-refractivity contribution in [1.29, 1.82) is 0 Å². The van der Waals surface area contributed by atoms with Crippen molar-refractivity contribution < 1.29 is 13.2 Å². The third-order valence-corrected chi connectivity index (χ3v) is 4.02. The number of anilines is 2. The van der Waals surface area contributed by atoms with E-state index >= 15 is 0 Å². The SMILES string of the molecule is Cn1nc(Br)c2c(Nc3cccc(CCC(F)(F)F)c3)ncnc21. The zero-order valence-electron chi connectivity index (χ0n) is 12.6. The number of nitrogens with one attached hydrogen (secondary N) is 1. The molecule has 9 heteroatoms. The van der Waals surface area contributed by atoms with E-state index in [1.807, 2.05) is 0 Å². The molecule has 0 aliphatic carbocycles. The van der Waals surface area contributed by atoms with Crippen LogP contribution in [0.4, 0.5) is 24.7 Å². The first-order valence-electron chi connectivity index (χ1n) is 7.09. The molecule has 0 fully saturated rings. The predicted molar refractivity (Wildman–Crippen MR) is 88.1 cm³/mol. The summed E-state index contributed by atoms with van der Waals surface area (Å²) >= 11 is 3.37. The van der Waals surface area contributed by atoms with E-state index in [2.05, 4.69) is 36.3 Å². The summed E-state index contributed by atoms with van der Waals surface area (Å²) < 4.78 is 39.3. The van der Waals surface area contributed by atoms with Gasteiger partial charge in [-0.05, 0) is 40.0 Å².